The molecule has 1 N–H and O–H groups in total. The summed E-state index contributed by atoms with van der Waals surface area (Å²) in [6.45, 7) is 3.11. The Hall–Kier alpha value is -2.67. The number of rotatable bonds is 8. The van der Waals surface area contributed by atoms with Crippen molar-refractivity contribution in [2.24, 2.45) is 0 Å². The maximum atomic E-state index is 12.5. The normalized spacial score (nSPS) is 17.4. The number of carbonyl (C=O) groups excluding carboxylic acids is 1. The minimum Gasteiger partial charge on any atom is -0.480 e. The van der Waals surface area contributed by atoms with Crippen molar-refractivity contribution in [3.63, 3.8) is 0 Å². The van der Waals surface area contributed by atoms with Gasteiger partial charge in [-0.3, -0.25) is 14.3 Å². The Morgan fingerprint density at radius 1 is 1.25 bits per heavy atom. The first-order chi connectivity index (χ1) is 13.5. The molecule has 1 atom stereocenters. The van der Waals surface area contributed by atoms with Gasteiger partial charge in [0.2, 0.25) is 5.91 Å². The van der Waals surface area contributed by atoms with Gasteiger partial charge < -0.3 is 14.9 Å². The predicted molar refractivity (Wildman–Crippen MR) is 106 cm³/mol. The summed E-state index contributed by atoms with van der Waals surface area (Å²) in [5.41, 5.74) is 2.08. The van der Waals surface area contributed by atoms with E-state index in [-0.39, 0.29) is 12.5 Å². The molecule has 1 fully saturated rings. The number of hydrogen-bond donors (Lipinski definition) is 1. The maximum Gasteiger partial charge on any atom is 0.325 e. The Balaban J connectivity index is 1.47. The van der Waals surface area contributed by atoms with Crippen molar-refractivity contribution in [3.8, 4) is 0 Å². The lowest BCUT2D eigenvalue weighted by atomic mass is 9.95. The van der Waals surface area contributed by atoms with E-state index >= 15 is 0 Å². The Morgan fingerprint density at radius 2 is 2.04 bits per heavy atom. The van der Waals surface area contributed by atoms with Gasteiger partial charge in [-0.2, -0.15) is 5.10 Å². The molecule has 1 unspecified atom stereocenters. The largest absolute Gasteiger partial charge is 0.480 e. The fraction of sp³-hybridized carbons (Fsp3) is 0.476. The standard InChI is InChI=1S/C21H28N4O3/c1-23(14-17-6-3-2-4-7-17)20(26)10-12-24-11-5-8-18(15-24)19-9-13-25(22-19)16-21(27)28/h2-4,6-7,9,13,18H,5,8,10-12,14-16H2,1H3,(H,27,28). The van der Waals surface area contributed by atoms with Crippen molar-refractivity contribution in [1.29, 1.82) is 0 Å². The molecule has 2 aromatic rings. The van der Waals surface area contributed by atoms with Crippen LogP contribution in [0.3, 0.4) is 0 Å². The molecule has 0 spiro atoms. The third-order valence-electron chi connectivity index (χ3n) is 5.21. The quantitative estimate of drug-likeness (QED) is 0.755. The number of carbonyl (C=O) groups is 2. The van der Waals surface area contributed by atoms with Gasteiger partial charge in [0, 0.05) is 45.2 Å². The summed E-state index contributed by atoms with van der Waals surface area (Å²) in [4.78, 5) is 27.4. The molecule has 28 heavy (non-hydrogen) atoms. The zero-order chi connectivity index (χ0) is 19.9. The van der Waals surface area contributed by atoms with Crippen LogP contribution in [0.4, 0.5) is 0 Å². The van der Waals surface area contributed by atoms with Crippen LogP contribution < -0.4 is 0 Å². The summed E-state index contributed by atoms with van der Waals surface area (Å²) in [5.74, 6) is -0.448. The molecule has 0 bridgehead atoms. The second-order valence-corrected chi connectivity index (χ2v) is 7.46. The molecule has 0 aliphatic carbocycles. The minimum atomic E-state index is -0.891. The van der Waals surface area contributed by atoms with E-state index in [0.717, 1.165) is 43.7 Å². The first-order valence-corrected chi connectivity index (χ1v) is 9.76. The molecule has 2 heterocycles. The first-order valence-electron chi connectivity index (χ1n) is 9.76. The number of carboxylic acid groups (broad SMARTS) is 1. The van der Waals surface area contributed by atoms with E-state index in [1.54, 1.807) is 11.1 Å². The summed E-state index contributed by atoms with van der Waals surface area (Å²) in [7, 11) is 1.85. The fourth-order valence-electron chi connectivity index (χ4n) is 3.71. The van der Waals surface area contributed by atoms with E-state index in [1.807, 2.05) is 43.4 Å². The summed E-state index contributed by atoms with van der Waals surface area (Å²) >= 11 is 0. The maximum absolute atomic E-state index is 12.5. The van der Waals surface area contributed by atoms with Gasteiger partial charge >= 0.3 is 5.97 Å². The van der Waals surface area contributed by atoms with Gasteiger partial charge in [-0.15, -0.1) is 0 Å². The van der Waals surface area contributed by atoms with Crippen LogP contribution in [0, 0.1) is 0 Å². The Morgan fingerprint density at radius 3 is 2.79 bits per heavy atom. The van der Waals surface area contributed by atoms with E-state index in [2.05, 4.69) is 10.00 Å². The number of likely N-dealkylation sites (tertiary alicyclic amines) is 1. The highest BCUT2D eigenvalue weighted by Gasteiger charge is 2.24. The molecular weight excluding hydrogens is 356 g/mol. The molecule has 1 amide bonds. The topological polar surface area (TPSA) is 78.7 Å². The van der Waals surface area contributed by atoms with Gasteiger partial charge in [-0.25, -0.2) is 0 Å². The van der Waals surface area contributed by atoms with Gasteiger partial charge in [0.25, 0.3) is 0 Å². The van der Waals surface area contributed by atoms with Gasteiger partial charge in [0.1, 0.15) is 6.54 Å². The number of hydrogen-bond acceptors (Lipinski definition) is 4. The van der Waals surface area contributed by atoms with Crippen molar-refractivity contribution < 1.29 is 14.7 Å². The molecule has 1 aromatic carbocycles. The molecule has 7 nitrogen and oxygen atoms in total. The van der Waals surface area contributed by atoms with Crippen molar-refractivity contribution in [1.82, 2.24) is 19.6 Å². The predicted octanol–water partition coefficient (Wildman–Crippen LogP) is 2.20. The lowest BCUT2D eigenvalue weighted by Crippen LogP contribution is -2.37. The van der Waals surface area contributed by atoms with E-state index in [0.29, 0.717) is 18.9 Å². The zero-order valence-electron chi connectivity index (χ0n) is 16.3. The Kier molecular flexibility index (Phi) is 6.81. The lowest BCUT2D eigenvalue weighted by molar-refractivity contribution is -0.138. The first kappa shape index (κ1) is 20.1. The molecular formula is C21H28N4O3. The minimum absolute atomic E-state index is 0.112. The molecule has 1 aromatic heterocycles. The molecule has 150 valence electrons. The molecule has 1 saturated heterocycles. The summed E-state index contributed by atoms with van der Waals surface area (Å²) in [5, 5.41) is 13.3. The molecule has 1 aliphatic rings. The second kappa shape index (κ2) is 9.50. The molecule has 0 saturated carbocycles. The zero-order valence-corrected chi connectivity index (χ0v) is 16.3. The smallest absolute Gasteiger partial charge is 0.325 e. The van der Waals surface area contributed by atoms with E-state index in [1.165, 1.54) is 4.68 Å². The number of aliphatic carboxylic acids is 1. The van der Waals surface area contributed by atoms with Gasteiger partial charge in [-0.1, -0.05) is 30.3 Å². The van der Waals surface area contributed by atoms with Crippen LogP contribution in [0.15, 0.2) is 42.6 Å². The number of amides is 1. The van der Waals surface area contributed by atoms with Gasteiger partial charge in [-0.05, 0) is 31.0 Å². The van der Waals surface area contributed by atoms with Crippen LogP contribution in [0.25, 0.3) is 0 Å². The fourth-order valence-corrected chi connectivity index (χ4v) is 3.71. The third-order valence-corrected chi connectivity index (χ3v) is 5.21. The van der Waals surface area contributed by atoms with Crippen LogP contribution in [-0.2, 0) is 22.7 Å². The number of piperidine rings is 1. The lowest BCUT2D eigenvalue weighted by Gasteiger charge is -2.32. The van der Waals surface area contributed by atoms with Crippen LogP contribution >= 0.6 is 0 Å². The highest BCUT2D eigenvalue weighted by molar-refractivity contribution is 5.76. The van der Waals surface area contributed by atoms with Crippen LogP contribution in [0.5, 0.6) is 0 Å². The third kappa shape index (κ3) is 5.66. The monoisotopic (exact) mass is 384 g/mol. The van der Waals surface area contributed by atoms with Crippen molar-refractivity contribution in [2.75, 3.05) is 26.7 Å². The van der Waals surface area contributed by atoms with Gasteiger partial charge in [0.05, 0.1) is 5.69 Å². The number of carboxylic acids is 1. The van der Waals surface area contributed by atoms with E-state index in [9.17, 15) is 9.59 Å². The SMILES string of the molecule is CN(Cc1ccccc1)C(=O)CCN1CCCC(c2ccn(CC(=O)O)n2)C1. The highest BCUT2D eigenvalue weighted by atomic mass is 16.4. The highest BCUT2D eigenvalue weighted by Crippen LogP contribution is 2.25. The molecule has 7 heteroatoms. The number of aromatic nitrogens is 2. The average molecular weight is 384 g/mol. The van der Waals surface area contributed by atoms with Crippen LogP contribution in [0.1, 0.15) is 36.4 Å². The number of nitrogens with zero attached hydrogens (tertiary/aromatic N) is 4. The van der Waals surface area contributed by atoms with Gasteiger partial charge in [0.15, 0.2) is 0 Å². The summed E-state index contributed by atoms with van der Waals surface area (Å²) < 4.78 is 1.47. The van der Waals surface area contributed by atoms with Crippen molar-refractivity contribution in [3.05, 3.63) is 53.9 Å². The van der Waals surface area contributed by atoms with E-state index < -0.39 is 5.97 Å². The van der Waals surface area contributed by atoms with E-state index in [4.69, 9.17) is 5.11 Å². The number of benzene rings is 1. The average Bonchev–Trinajstić information content (AvgIpc) is 3.15. The molecule has 3 rings (SSSR count). The summed E-state index contributed by atoms with van der Waals surface area (Å²) in [6, 6.07) is 11.9. The summed E-state index contributed by atoms with van der Waals surface area (Å²) in [6.07, 6.45) is 4.33. The van der Waals surface area contributed by atoms with Crippen LogP contribution in [0.2, 0.25) is 0 Å². The van der Waals surface area contributed by atoms with Crippen molar-refractivity contribution >= 4 is 11.9 Å². The Labute approximate surface area is 165 Å². The van der Waals surface area contributed by atoms with Crippen molar-refractivity contribution in [2.45, 2.75) is 38.3 Å². The molecule has 1 aliphatic heterocycles. The van der Waals surface area contributed by atoms with Crippen LogP contribution in [-0.4, -0.2) is 63.2 Å². The molecule has 0 radical (unpaired) electrons. The second-order valence-electron chi connectivity index (χ2n) is 7.46. The Bertz CT molecular complexity index is 790.